The number of aryl methyl sites for hydroxylation is 1. The molecule has 0 aliphatic carbocycles. The molecule has 3 rings (SSSR count). The van der Waals surface area contributed by atoms with Gasteiger partial charge in [0, 0.05) is 28.8 Å². The summed E-state index contributed by atoms with van der Waals surface area (Å²) >= 11 is 0. The molecule has 0 amide bonds. The van der Waals surface area contributed by atoms with Crippen molar-refractivity contribution in [3.8, 4) is 0 Å². The Morgan fingerprint density at radius 1 is 1.24 bits per heavy atom. The Morgan fingerprint density at radius 3 is 2.82 bits per heavy atom. The Labute approximate surface area is 102 Å². The summed E-state index contributed by atoms with van der Waals surface area (Å²) in [5.41, 5.74) is 5.30. The van der Waals surface area contributed by atoms with E-state index in [2.05, 4.69) is 49.3 Å². The Morgan fingerprint density at radius 2 is 2.06 bits per heavy atom. The zero-order valence-electron chi connectivity index (χ0n) is 10.8. The van der Waals surface area contributed by atoms with E-state index in [9.17, 15) is 0 Å². The molecule has 1 unspecified atom stereocenters. The molecule has 17 heavy (non-hydrogen) atoms. The highest BCUT2D eigenvalue weighted by Gasteiger charge is 2.21. The highest BCUT2D eigenvalue weighted by molar-refractivity contribution is 5.86. The second-order valence-corrected chi connectivity index (χ2v) is 5.64. The van der Waals surface area contributed by atoms with E-state index in [4.69, 9.17) is 0 Å². The van der Waals surface area contributed by atoms with Crippen LogP contribution in [0.4, 0.5) is 5.69 Å². The molecule has 1 aromatic heterocycles. The van der Waals surface area contributed by atoms with Crippen molar-refractivity contribution in [1.82, 2.24) is 4.98 Å². The molecule has 0 fully saturated rings. The van der Waals surface area contributed by atoms with Gasteiger partial charge in [0.1, 0.15) is 0 Å². The second-order valence-electron chi connectivity index (χ2n) is 5.64. The van der Waals surface area contributed by atoms with Crippen LogP contribution in [0.3, 0.4) is 0 Å². The van der Waals surface area contributed by atoms with E-state index in [1.807, 2.05) is 0 Å². The molecule has 0 spiro atoms. The number of hydrogen-bond acceptors (Lipinski definition) is 1. The third kappa shape index (κ3) is 1.82. The number of nitrogens with one attached hydrogen (secondary N) is 2. The lowest BCUT2D eigenvalue weighted by Crippen LogP contribution is -2.26. The number of rotatable bonds is 1. The minimum Gasteiger partial charge on any atom is -0.385 e. The molecule has 0 saturated carbocycles. The Kier molecular flexibility index (Phi) is 2.39. The van der Waals surface area contributed by atoms with Crippen LogP contribution in [-0.4, -0.2) is 11.5 Å². The summed E-state index contributed by atoms with van der Waals surface area (Å²) in [6.45, 7) is 7.85. The van der Waals surface area contributed by atoms with Gasteiger partial charge in [-0.25, -0.2) is 0 Å². The lowest BCUT2D eigenvalue weighted by atomic mass is 9.85. The number of anilines is 1. The molecule has 1 atom stereocenters. The van der Waals surface area contributed by atoms with E-state index in [0.717, 1.165) is 18.4 Å². The lowest BCUT2D eigenvalue weighted by Gasteiger charge is -2.29. The quantitative estimate of drug-likeness (QED) is 0.765. The van der Waals surface area contributed by atoms with Crippen molar-refractivity contribution >= 4 is 16.6 Å². The van der Waals surface area contributed by atoms with Gasteiger partial charge in [-0.15, -0.1) is 0 Å². The highest BCUT2D eigenvalue weighted by Crippen LogP contribution is 2.32. The SMILES string of the molecule is Cc1cc2cc3c(cc2[nH]1)CC(C(C)C)CN3. The topological polar surface area (TPSA) is 27.8 Å². The maximum Gasteiger partial charge on any atom is 0.0460 e. The summed E-state index contributed by atoms with van der Waals surface area (Å²) < 4.78 is 0. The van der Waals surface area contributed by atoms with E-state index in [-0.39, 0.29) is 0 Å². The average molecular weight is 228 g/mol. The van der Waals surface area contributed by atoms with Crippen molar-refractivity contribution in [3.63, 3.8) is 0 Å². The van der Waals surface area contributed by atoms with Crippen molar-refractivity contribution in [3.05, 3.63) is 29.5 Å². The van der Waals surface area contributed by atoms with Crippen LogP contribution in [0.5, 0.6) is 0 Å². The fourth-order valence-electron chi connectivity index (χ4n) is 2.77. The van der Waals surface area contributed by atoms with Crippen molar-refractivity contribution in [1.29, 1.82) is 0 Å². The van der Waals surface area contributed by atoms with E-state index in [0.29, 0.717) is 0 Å². The zero-order chi connectivity index (χ0) is 12.0. The van der Waals surface area contributed by atoms with Crippen LogP contribution in [0.15, 0.2) is 18.2 Å². The first-order chi connectivity index (χ1) is 8.13. The van der Waals surface area contributed by atoms with E-state index >= 15 is 0 Å². The fraction of sp³-hybridized carbons (Fsp3) is 0.467. The van der Waals surface area contributed by atoms with Gasteiger partial charge in [-0.2, -0.15) is 0 Å². The van der Waals surface area contributed by atoms with Gasteiger partial charge in [0.15, 0.2) is 0 Å². The maximum absolute atomic E-state index is 3.58. The molecule has 1 aliphatic rings. The van der Waals surface area contributed by atoms with Crippen LogP contribution in [0.25, 0.3) is 10.9 Å². The first kappa shape index (κ1) is 10.7. The first-order valence-electron chi connectivity index (χ1n) is 6.49. The van der Waals surface area contributed by atoms with Crippen LogP contribution in [0, 0.1) is 18.8 Å². The molecular weight excluding hydrogens is 208 g/mol. The number of fused-ring (bicyclic) bond motifs is 2. The summed E-state index contributed by atoms with van der Waals surface area (Å²) in [7, 11) is 0. The summed E-state index contributed by atoms with van der Waals surface area (Å²) in [5, 5.41) is 4.90. The van der Waals surface area contributed by atoms with Gasteiger partial charge >= 0.3 is 0 Å². The lowest BCUT2D eigenvalue weighted by molar-refractivity contribution is 0.394. The average Bonchev–Trinajstić information content (AvgIpc) is 2.63. The normalized spacial score (nSPS) is 19.4. The number of aromatic nitrogens is 1. The zero-order valence-corrected chi connectivity index (χ0v) is 10.8. The molecule has 0 bridgehead atoms. The number of benzene rings is 1. The van der Waals surface area contributed by atoms with E-state index < -0.39 is 0 Å². The molecule has 2 aromatic rings. The van der Waals surface area contributed by atoms with Gasteiger partial charge < -0.3 is 10.3 Å². The second kappa shape index (κ2) is 3.80. The van der Waals surface area contributed by atoms with Crippen molar-refractivity contribution in [2.75, 3.05) is 11.9 Å². The summed E-state index contributed by atoms with van der Waals surface area (Å²) in [6, 6.07) is 6.82. The Balaban J connectivity index is 2.04. The van der Waals surface area contributed by atoms with Gasteiger partial charge in [0.25, 0.3) is 0 Å². The Hall–Kier alpha value is -1.44. The molecule has 2 N–H and O–H groups in total. The fourth-order valence-corrected chi connectivity index (χ4v) is 2.77. The molecule has 0 radical (unpaired) electrons. The molecular formula is C15H20N2. The minimum atomic E-state index is 0.747. The number of aromatic amines is 1. The van der Waals surface area contributed by atoms with Gasteiger partial charge in [-0.1, -0.05) is 13.8 Å². The van der Waals surface area contributed by atoms with Crippen LogP contribution in [0.2, 0.25) is 0 Å². The molecule has 1 aromatic carbocycles. The summed E-state index contributed by atoms with van der Waals surface area (Å²) in [6.07, 6.45) is 1.20. The predicted octanol–water partition coefficient (Wildman–Crippen LogP) is 3.72. The molecule has 0 saturated heterocycles. The molecule has 1 aliphatic heterocycles. The van der Waals surface area contributed by atoms with Gasteiger partial charge in [0.05, 0.1) is 0 Å². The minimum absolute atomic E-state index is 0.747. The Bertz CT molecular complexity index is 551. The van der Waals surface area contributed by atoms with E-state index in [1.165, 1.54) is 34.3 Å². The van der Waals surface area contributed by atoms with Gasteiger partial charge in [-0.05, 0) is 48.9 Å². The standard InChI is InChI=1S/C15H20N2/c1-9(2)13-5-12-7-15-11(4-10(3)17-15)6-14(12)16-8-13/h4,6-7,9,13,16-17H,5,8H2,1-3H3. The van der Waals surface area contributed by atoms with Crippen molar-refractivity contribution in [2.45, 2.75) is 27.2 Å². The van der Waals surface area contributed by atoms with E-state index in [1.54, 1.807) is 0 Å². The van der Waals surface area contributed by atoms with Gasteiger partial charge in [0.2, 0.25) is 0 Å². The number of hydrogen-bond donors (Lipinski definition) is 2. The summed E-state index contributed by atoms with van der Waals surface area (Å²) in [4.78, 5) is 3.42. The molecule has 2 nitrogen and oxygen atoms in total. The van der Waals surface area contributed by atoms with Crippen LogP contribution in [0.1, 0.15) is 25.1 Å². The predicted molar refractivity (Wildman–Crippen MR) is 73.6 cm³/mol. The highest BCUT2D eigenvalue weighted by atomic mass is 14.9. The summed E-state index contributed by atoms with van der Waals surface area (Å²) in [5.74, 6) is 1.51. The van der Waals surface area contributed by atoms with Gasteiger partial charge in [-0.3, -0.25) is 0 Å². The van der Waals surface area contributed by atoms with Crippen molar-refractivity contribution < 1.29 is 0 Å². The smallest absolute Gasteiger partial charge is 0.0460 e. The monoisotopic (exact) mass is 228 g/mol. The maximum atomic E-state index is 3.58. The molecule has 2 heteroatoms. The third-order valence-corrected chi connectivity index (χ3v) is 3.96. The van der Waals surface area contributed by atoms with Crippen LogP contribution < -0.4 is 5.32 Å². The number of H-pyrrole nitrogens is 1. The van der Waals surface area contributed by atoms with Crippen LogP contribution in [-0.2, 0) is 6.42 Å². The largest absolute Gasteiger partial charge is 0.385 e. The molecule has 90 valence electrons. The third-order valence-electron chi connectivity index (χ3n) is 3.96. The first-order valence-corrected chi connectivity index (χ1v) is 6.49. The van der Waals surface area contributed by atoms with Crippen LogP contribution >= 0.6 is 0 Å². The molecule has 2 heterocycles. The van der Waals surface area contributed by atoms with Crippen molar-refractivity contribution in [2.24, 2.45) is 11.8 Å².